The molecule has 5 nitrogen and oxygen atoms in total. The maximum absolute atomic E-state index is 11.7. The SMILES string of the molecule is CN1C(=O)CCc2cc(-c3cnn(C)c3N)ccc21. The predicted molar refractivity (Wildman–Crippen MR) is 74.8 cm³/mol. The molecule has 1 aliphatic heterocycles. The van der Waals surface area contributed by atoms with Gasteiger partial charge < -0.3 is 10.6 Å². The summed E-state index contributed by atoms with van der Waals surface area (Å²) in [6.45, 7) is 0. The van der Waals surface area contributed by atoms with Crippen molar-refractivity contribution in [2.75, 3.05) is 17.7 Å². The first kappa shape index (κ1) is 11.8. The lowest BCUT2D eigenvalue weighted by molar-refractivity contribution is -0.118. The minimum absolute atomic E-state index is 0.168. The highest BCUT2D eigenvalue weighted by molar-refractivity contribution is 5.96. The molecule has 2 N–H and O–H groups in total. The number of hydrogen-bond acceptors (Lipinski definition) is 3. The molecule has 0 saturated heterocycles. The number of rotatable bonds is 1. The van der Waals surface area contributed by atoms with Crippen LogP contribution in [0.3, 0.4) is 0 Å². The molecule has 0 radical (unpaired) electrons. The minimum atomic E-state index is 0.168. The van der Waals surface area contributed by atoms with Crippen LogP contribution in [0.5, 0.6) is 0 Å². The van der Waals surface area contributed by atoms with Crippen molar-refractivity contribution in [1.82, 2.24) is 9.78 Å². The average Bonchev–Trinajstić information content (AvgIpc) is 2.74. The van der Waals surface area contributed by atoms with E-state index in [1.165, 1.54) is 5.56 Å². The number of aromatic nitrogens is 2. The summed E-state index contributed by atoms with van der Waals surface area (Å²) in [5, 5.41) is 4.16. The van der Waals surface area contributed by atoms with Crippen LogP contribution in [0.2, 0.25) is 0 Å². The van der Waals surface area contributed by atoms with Crippen molar-refractivity contribution in [3.63, 3.8) is 0 Å². The molecule has 1 aliphatic rings. The molecule has 1 aromatic carbocycles. The lowest BCUT2D eigenvalue weighted by Crippen LogP contribution is -2.30. The summed E-state index contributed by atoms with van der Waals surface area (Å²) in [7, 11) is 3.64. The Morgan fingerprint density at radius 2 is 2.05 bits per heavy atom. The van der Waals surface area contributed by atoms with Gasteiger partial charge in [-0.05, 0) is 29.7 Å². The maximum Gasteiger partial charge on any atom is 0.227 e. The molecule has 0 saturated carbocycles. The fourth-order valence-corrected chi connectivity index (χ4v) is 2.49. The molecular formula is C14H16N4O. The predicted octanol–water partition coefficient (Wildman–Crippen LogP) is 1.58. The number of fused-ring (bicyclic) bond motifs is 1. The summed E-state index contributed by atoms with van der Waals surface area (Å²) in [5.74, 6) is 0.821. The number of nitrogen functional groups attached to an aromatic ring is 1. The third-order valence-electron chi connectivity index (χ3n) is 3.72. The van der Waals surface area contributed by atoms with E-state index in [-0.39, 0.29) is 5.91 Å². The van der Waals surface area contributed by atoms with Crippen molar-refractivity contribution in [3.8, 4) is 11.1 Å². The summed E-state index contributed by atoms with van der Waals surface area (Å²) in [4.78, 5) is 13.4. The van der Waals surface area contributed by atoms with E-state index >= 15 is 0 Å². The number of amides is 1. The van der Waals surface area contributed by atoms with Gasteiger partial charge in [-0.2, -0.15) is 5.10 Å². The first-order valence-electron chi connectivity index (χ1n) is 6.25. The van der Waals surface area contributed by atoms with Crippen LogP contribution >= 0.6 is 0 Å². The van der Waals surface area contributed by atoms with E-state index in [0.29, 0.717) is 12.2 Å². The number of carbonyl (C=O) groups excluding carboxylic acids is 1. The highest BCUT2D eigenvalue weighted by atomic mass is 16.2. The molecule has 0 spiro atoms. The topological polar surface area (TPSA) is 64.2 Å². The van der Waals surface area contributed by atoms with Crippen molar-refractivity contribution >= 4 is 17.4 Å². The Morgan fingerprint density at radius 1 is 1.26 bits per heavy atom. The summed E-state index contributed by atoms with van der Waals surface area (Å²) >= 11 is 0. The van der Waals surface area contributed by atoms with E-state index < -0.39 is 0 Å². The Bertz CT molecular complexity index is 659. The first-order chi connectivity index (χ1) is 9.08. The van der Waals surface area contributed by atoms with Gasteiger partial charge >= 0.3 is 0 Å². The van der Waals surface area contributed by atoms with Crippen LogP contribution < -0.4 is 10.6 Å². The highest BCUT2D eigenvalue weighted by Crippen LogP contribution is 2.33. The largest absolute Gasteiger partial charge is 0.383 e. The molecule has 98 valence electrons. The van der Waals surface area contributed by atoms with Crippen molar-refractivity contribution in [1.29, 1.82) is 0 Å². The minimum Gasteiger partial charge on any atom is -0.383 e. The van der Waals surface area contributed by atoms with E-state index in [4.69, 9.17) is 5.73 Å². The number of anilines is 2. The molecule has 1 aromatic heterocycles. The van der Waals surface area contributed by atoms with Gasteiger partial charge in [0.1, 0.15) is 5.82 Å². The van der Waals surface area contributed by atoms with Crippen LogP contribution in [0, 0.1) is 0 Å². The molecule has 0 bridgehead atoms. The van der Waals surface area contributed by atoms with Crippen LogP contribution in [-0.4, -0.2) is 22.7 Å². The standard InChI is InChI=1S/C14H16N4O/c1-17-12-5-3-9(7-10(12)4-6-13(17)19)11-8-16-18(2)14(11)15/h3,5,7-8H,4,6,15H2,1-2H3. The lowest BCUT2D eigenvalue weighted by atomic mass is 9.97. The molecule has 2 aromatic rings. The molecule has 3 rings (SSSR count). The van der Waals surface area contributed by atoms with Gasteiger partial charge in [-0.15, -0.1) is 0 Å². The molecule has 0 unspecified atom stereocenters. The third kappa shape index (κ3) is 1.78. The van der Waals surface area contributed by atoms with Gasteiger partial charge in [-0.25, -0.2) is 0 Å². The van der Waals surface area contributed by atoms with Gasteiger partial charge in [-0.1, -0.05) is 6.07 Å². The van der Waals surface area contributed by atoms with Crippen LogP contribution in [0.1, 0.15) is 12.0 Å². The van der Waals surface area contributed by atoms with Crippen molar-refractivity contribution in [2.24, 2.45) is 7.05 Å². The van der Waals surface area contributed by atoms with E-state index in [1.54, 1.807) is 15.8 Å². The van der Waals surface area contributed by atoms with Crippen molar-refractivity contribution in [3.05, 3.63) is 30.0 Å². The average molecular weight is 256 g/mol. The number of benzene rings is 1. The van der Waals surface area contributed by atoms with Crippen LogP contribution in [0.15, 0.2) is 24.4 Å². The van der Waals surface area contributed by atoms with Gasteiger partial charge in [0.15, 0.2) is 0 Å². The van der Waals surface area contributed by atoms with E-state index in [1.807, 2.05) is 26.2 Å². The molecular weight excluding hydrogens is 240 g/mol. The molecule has 1 amide bonds. The molecule has 0 fully saturated rings. The maximum atomic E-state index is 11.7. The van der Waals surface area contributed by atoms with E-state index in [0.717, 1.165) is 23.2 Å². The summed E-state index contributed by atoms with van der Waals surface area (Å²) in [5.41, 5.74) is 10.2. The molecule has 19 heavy (non-hydrogen) atoms. The zero-order valence-corrected chi connectivity index (χ0v) is 11.1. The smallest absolute Gasteiger partial charge is 0.227 e. The van der Waals surface area contributed by atoms with Gasteiger partial charge in [0.25, 0.3) is 0 Å². The number of nitrogens with zero attached hydrogens (tertiary/aromatic N) is 3. The Balaban J connectivity index is 2.07. The summed E-state index contributed by atoms with van der Waals surface area (Å²) < 4.78 is 1.66. The molecule has 2 heterocycles. The second kappa shape index (κ2) is 4.12. The van der Waals surface area contributed by atoms with Gasteiger partial charge in [0, 0.05) is 31.8 Å². The third-order valence-corrected chi connectivity index (χ3v) is 3.72. The number of hydrogen-bond donors (Lipinski definition) is 1. The second-order valence-corrected chi connectivity index (χ2v) is 4.86. The zero-order valence-electron chi connectivity index (χ0n) is 11.1. The summed E-state index contributed by atoms with van der Waals surface area (Å²) in [6.07, 6.45) is 3.12. The zero-order chi connectivity index (χ0) is 13.6. The Hall–Kier alpha value is -2.30. The second-order valence-electron chi connectivity index (χ2n) is 4.86. The molecule has 5 heteroatoms. The quantitative estimate of drug-likeness (QED) is 0.842. The first-order valence-corrected chi connectivity index (χ1v) is 6.25. The number of carbonyl (C=O) groups is 1. The van der Waals surface area contributed by atoms with E-state index in [2.05, 4.69) is 11.2 Å². The van der Waals surface area contributed by atoms with Gasteiger partial charge in [0.05, 0.1) is 6.20 Å². The van der Waals surface area contributed by atoms with Crippen molar-refractivity contribution < 1.29 is 4.79 Å². The summed E-state index contributed by atoms with van der Waals surface area (Å²) in [6, 6.07) is 6.07. The van der Waals surface area contributed by atoms with Crippen LogP contribution in [0.4, 0.5) is 11.5 Å². The fraction of sp³-hybridized carbons (Fsp3) is 0.286. The normalized spacial score (nSPS) is 14.6. The fourth-order valence-electron chi connectivity index (χ4n) is 2.49. The van der Waals surface area contributed by atoms with Crippen LogP contribution in [0.25, 0.3) is 11.1 Å². The van der Waals surface area contributed by atoms with Gasteiger partial charge in [0.2, 0.25) is 5.91 Å². The Kier molecular flexibility index (Phi) is 2.55. The molecule has 0 atom stereocenters. The monoisotopic (exact) mass is 256 g/mol. The lowest BCUT2D eigenvalue weighted by Gasteiger charge is -2.26. The number of nitrogens with two attached hydrogens (primary N) is 1. The van der Waals surface area contributed by atoms with Crippen LogP contribution in [-0.2, 0) is 18.3 Å². The van der Waals surface area contributed by atoms with E-state index in [9.17, 15) is 4.79 Å². The van der Waals surface area contributed by atoms with Crippen molar-refractivity contribution in [2.45, 2.75) is 12.8 Å². The highest BCUT2D eigenvalue weighted by Gasteiger charge is 2.21. The Labute approximate surface area is 111 Å². The molecule has 0 aliphatic carbocycles. The van der Waals surface area contributed by atoms with Gasteiger partial charge in [-0.3, -0.25) is 9.48 Å². The number of aryl methyl sites for hydroxylation is 2. The Morgan fingerprint density at radius 3 is 2.74 bits per heavy atom.